The fourth-order valence-electron chi connectivity index (χ4n) is 9.79. The van der Waals surface area contributed by atoms with Crippen molar-refractivity contribution in [3.8, 4) is 0 Å². The normalized spacial score (nSPS) is 54.5. The van der Waals surface area contributed by atoms with Crippen LogP contribution < -0.4 is 0 Å². The molecule has 2 heteroatoms. The van der Waals surface area contributed by atoms with E-state index in [9.17, 15) is 10.2 Å². The van der Waals surface area contributed by atoms with Crippen molar-refractivity contribution in [2.75, 3.05) is 0 Å². The fraction of sp³-hybridized carbons (Fsp3) is 1.00. The molecule has 0 aromatic rings. The van der Waals surface area contributed by atoms with Crippen LogP contribution in [0.2, 0.25) is 0 Å². The molecule has 11 atom stereocenters. The molecule has 4 aliphatic rings. The van der Waals surface area contributed by atoms with Crippen LogP contribution >= 0.6 is 0 Å². The van der Waals surface area contributed by atoms with Gasteiger partial charge in [-0.05, 0) is 84.4 Å². The van der Waals surface area contributed by atoms with Gasteiger partial charge in [-0.3, -0.25) is 0 Å². The second kappa shape index (κ2) is 7.56. The van der Waals surface area contributed by atoms with Crippen molar-refractivity contribution in [2.24, 2.45) is 52.3 Å². The van der Waals surface area contributed by atoms with Gasteiger partial charge in [0.2, 0.25) is 0 Å². The molecule has 4 rings (SSSR count). The van der Waals surface area contributed by atoms with Gasteiger partial charge in [-0.25, -0.2) is 0 Å². The SMILES string of the molecule is CCC[C@@H](C)[C@H]1CCC2[C@H]3C([C@@H](O)C[C@@]21C)[C@@]1(C)CCCC[C@H]1[C@@H](CC)[C@H]3O. The van der Waals surface area contributed by atoms with Gasteiger partial charge in [0.1, 0.15) is 0 Å². The Morgan fingerprint density at radius 1 is 0.964 bits per heavy atom. The molecular formula is C26H46O2. The minimum Gasteiger partial charge on any atom is -0.393 e. The van der Waals surface area contributed by atoms with Crippen molar-refractivity contribution >= 4 is 0 Å². The van der Waals surface area contributed by atoms with Crippen LogP contribution in [0.15, 0.2) is 0 Å². The molecule has 4 saturated carbocycles. The lowest BCUT2D eigenvalue weighted by atomic mass is 9.41. The lowest BCUT2D eigenvalue weighted by Gasteiger charge is -2.65. The Hall–Kier alpha value is -0.0800. The Kier molecular flexibility index (Phi) is 5.71. The minimum atomic E-state index is -0.223. The van der Waals surface area contributed by atoms with Crippen LogP contribution in [0.3, 0.4) is 0 Å². The number of aliphatic hydroxyl groups is 2. The van der Waals surface area contributed by atoms with E-state index in [1.807, 2.05) is 0 Å². The Morgan fingerprint density at radius 3 is 2.39 bits per heavy atom. The number of hydrogen-bond donors (Lipinski definition) is 2. The molecule has 0 amide bonds. The van der Waals surface area contributed by atoms with Crippen molar-refractivity contribution in [1.29, 1.82) is 0 Å². The molecule has 0 spiro atoms. The molecule has 2 N–H and O–H groups in total. The maximum Gasteiger partial charge on any atom is 0.0605 e. The van der Waals surface area contributed by atoms with E-state index in [-0.39, 0.29) is 23.0 Å². The molecule has 4 fully saturated rings. The van der Waals surface area contributed by atoms with Gasteiger partial charge in [-0.15, -0.1) is 0 Å². The predicted molar refractivity (Wildman–Crippen MR) is 116 cm³/mol. The maximum absolute atomic E-state index is 11.7. The van der Waals surface area contributed by atoms with Gasteiger partial charge in [0.15, 0.2) is 0 Å². The molecule has 28 heavy (non-hydrogen) atoms. The number of aliphatic hydroxyl groups excluding tert-OH is 2. The molecule has 0 bridgehead atoms. The zero-order valence-electron chi connectivity index (χ0n) is 19.2. The van der Waals surface area contributed by atoms with E-state index in [2.05, 4.69) is 34.6 Å². The first-order valence-corrected chi connectivity index (χ1v) is 12.7. The van der Waals surface area contributed by atoms with E-state index in [1.165, 1.54) is 51.4 Å². The summed E-state index contributed by atoms with van der Waals surface area (Å²) in [5.74, 6) is 3.74. The average molecular weight is 391 g/mol. The van der Waals surface area contributed by atoms with E-state index in [0.29, 0.717) is 29.6 Å². The van der Waals surface area contributed by atoms with Gasteiger partial charge in [0, 0.05) is 0 Å². The average Bonchev–Trinajstić information content (AvgIpc) is 2.98. The summed E-state index contributed by atoms with van der Waals surface area (Å²) >= 11 is 0. The third-order valence-corrected chi connectivity index (χ3v) is 10.8. The molecule has 2 nitrogen and oxygen atoms in total. The molecule has 0 radical (unpaired) electrons. The largest absolute Gasteiger partial charge is 0.393 e. The first-order valence-electron chi connectivity index (χ1n) is 12.7. The predicted octanol–water partition coefficient (Wildman–Crippen LogP) is 6.05. The highest BCUT2D eigenvalue weighted by atomic mass is 16.3. The number of fused-ring (bicyclic) bond motifs is 5. The van der Waals surface area contributed by atoms with Crippen molar-refractivity contribution in [1.82, 2.24) is 0 Å². The van der Waals surface area contributed by atoms with Crippen LogP contribution in [0.4, 0.5) is 0 Å². The summed E-state index contributed by atoms with van der Waals surface area (Å²) in [7, 11) is 0. The van der Waals surface area contributed by atoms with Crippen molar-refractivity contribution < 1.29 is 10.2 Å². The van der Waals surface area contributed by atoms with Gasteiger partial charge in [-0.2, -0.15) is 0 Å². The summed E-state index contributed by atoms with van der Waals surface area (Å²) < 4.78 is 0. The standard InChI is InChI=1S/C26H46O2/c1-6-10-16(3)18-12-13-20-22-23(21(27)15-26(18,20)5)25(4)14-9-8-11-19(25)17(7-2)24(22)28/h16-24,27-28H,6-15H2,1-5H3/t16-,17-,18-,19+,20?,21+,22+,23?,24-,25+,26-/m1/s1. The zero-order chi connectivity index (χ0) is 20.3. The summed E-state index contributed by atoms with van der Waals surface area (Å²) in [6.07, 6.45) is 11.9. The molecule has 0 heterocycles. The van der Waals surface area contributed by atoms with Crippen LogP contribution in [0.5, 0.6) is 0 Å². The monoisotopic (exact) mass is 390 g/mol. The van der Waals surface area contributed by atoms with E-state index in [4.69, 9.17) is 0 Å². The molecule has 162 valence electrons. The van der Waals surface area contributed by atoms with Gasteiger partial charge in [0.05, 0.1) is 12.2 Å². The molecule has 0 aliphatic heterocycles. The summed E-state index contributed by atoms with van der Waals surface area (Å²) in [6.45, 7) is 12.0. The van der Waals surface area contributed by atoms with Gasteiger partial charge < -0.3 is 10.2 Å². The molecule has 4 aliphatic carbocycles. The maximum atomic E-state index is 11.7. The van der Waals surface area contributed by atoms with Crippen LogP contribution in [-0.2, 0) is 0 Å². The first-order chi connectivity index (χ1) is 13.3. The molecule has 0 saturated heterocycles. The van der Waals surface area contributed by atoms with Crippen LogP contribution in [0.25, 0.3) is 0 Å². The number of hydrogen-bond acceptors (Lipinski definition) is 2. The van der Waals surface area contributed by atoms with E-state index < -0.39 is 0 Å². The lowest BCUT2D eigenvalue weighted by molar-refractivity contribution is -0.229. The summed E-state index contributed by atoms with van der Waals surface area (Å²) in [4.78, 5) is 0. The molecular weight excluding hydrogens is 344 g/mol. The molecule has 0 aromatic carbocycles. The summed E-state index contributed by atoms with van der Waals surface area (Å²) in [6, 6.07) is 0. The van der Waals surface area contributed by atoms with Crippen molar-refractivity contribution in [3.63, 3.8) is 0 Å². The smallest absolute Gasteiger partial charge is 0.0605 e. The quantitative estimate of drug-likeness (QED) is 0.613. The van der Waals surface area contributed by atoms with Crippen molar-refractivity contribution in [3.05, 3.63) is 0 Å². The van der Waals surface area contributed by atoms with E-state index >= 15 is 0 Å². The lowest BCUT2D eigenvalue weighted by Crippen LogP contribution is -2.65. The van der Waals surface area contributed by atoms with E-state index in [0.717, 1.165) is 24.7 Å². The Morgan fingerprint density at radius 2 is 1.71 bits per heavy atom. The second-order valence-corrected chi connectivity index (χ2v) is 11.9. The van der Waals surface area contributed by atoms with Crippen molar-refractivity contribution in [2.45, 2.75) is 111 Å². The Labute approximate surface area is 173 Å². The van der Waals surface area contributed by atoms with E-state index in [1.54, 1.807) is 0 Å². The second-order valence-electron chi connectivity index (χ2n) is 11.9. The highest BCUT2D eigenvalue weighted by Gasteiger charge is 2.66. The van der Waals surface area contributed by atoms with Crippen LogP contribution in [-0.4, -0.2) is 22.4 Å². The van der Waals surface area contributed by atoms with Crippen LogP contribution in [0.1, 0.15) is 98.8 Å². The molecule has 2 unspecified atom stereocenters. The summed E-state index contributed by atoms with van der Waals surface area (Å²) in [5, 5.41) is 23.3. The fourth-order valence-corrected chi connectivity index (χ4v) is 9.79. The zero-order valence-corrected chi connectivity index (χ0v) is 19.2. The first kappa shape index (κ1) is 21.2. The van der Waals surface area contributed by atoms with Gasteiger partial charge in [0.25, 0.3) is 0 Å². The Balaban J connectivity index is 1.72. The highest BCUT2D eigenvalue weighted by Crippen LogP contribution is 2.69. The topological polar surface area (TPSA) is 40.5 Å². The third kappa shape index (κ3) is 2.87. The summed E-state index contributed by atoms with van der Waals surface area (Å²) in [5.41, 5.74) is 0.447. The minimum absolute atomic E-state index is 0.203. The van der Waals surface area contributed by atoms with Gasteiger partial charge >= 0.3 is 0 Å². The third-order valence-electron chi connectivity index (χ3n) is 10.8. The van der Waals surface area contributed by atoms with Crippen LogP contribution in [0, 0.1) is 52.3 Å². The Bertz CT molecular complexity index is 561. The highest BCUT2D eigenvalue weighted by molar-refractivity contribution is 5.15. The van der Waals surface area contributed by atoms with Gasteiger partial charge in [-0.1, -0.05) is 66.7 Å². The number of rotatable bonds is 4. The molecule has 0 aromatic heterocycles.